The molecule has 0 aliphatic rings. The predicted octanol–water partition coefficient (Wildman–Crippen LogP) is 6.09. The average molecular weight is 499 g/mol. The fourth-order valence-corrected chi connectivity index (χ4v) is 5.53. The van der Waals surface area contributed by atoms with E-state index in [9.17, 15) is 26.7 Å². The van der Waals surface area contributed by atoms with Crippen molar-refractivity contribution in [1.29, 1.82) is 0 Å². The van der Waals surface area contributed by atoms with E-state index in [0.717, 1.165) is 18.2 Å². The van der Waals surface area contributed by atoms with Crippen LogP contribution in [0.5, 0.6) is 0 Å². The summed E-state index contributed by atoms with van der Waals surface area (Å²) in [6.45, 7) is 0. The van der Waals surface area contributed by atoms with Gasteiger partial charge in [-0.1, -0.05) is 53.5 Å². The van der Waals surface area contributed by atoms with Gasteiger partial charge in [0.2, 0.25) is 0 Å². The molecular weight excluding hydrogens is 486 g/mol. The molecule has 4 rings (SSSR count). The zero-order chi connectivity index (χ0) is 23.3. The SMILES string of the molecule is O=S(=O)(c1ccccc1)n1c(C(O)c2c(Cl)[c]ccc2Cl)cc2ccc(C(F)(F)F)cc21. The van der Waals surface area contributed by atoms with Crippen molar-refractivity contribution in [3.05, 3.63) is 99.7 Å². The van der Waals surface area contributed by atoms with E-state index in [0.29, 0.717) is 3.97 Å². The van der Waals surface area contributed by atoms with Gasteiger partial charge >= 0.3 is 6.18 Å². The fraction of sp³-hybridized carbons (Fsp3) is 0.0909. The van der Waals surface area contributed by atoms with Gasteiger partial charge in [0.25, 0.3) is 10.0 Å². The second-order valence-electron chi connectivity index (χ2n) is 6.88. The number of aliphatic hydroxyl groups is 1. The number of fused-ring (bicyclic) bond motifs is 1. The summed E-state index contributed by atoms with van der Waals surface area (Å²) >= 11 is 12.3. The number of hydrogen-bond acceptors (Lipinski definition) is 3. The van der Waals surface area contributed by atoms with Crippen molar-refractivity contribution < 1.29 is 26.7 Å². The van der Waals surface area contributed by atoms with Gasteiger partial charge < -0.3 is 5.11 Å². The summed E-state index contributed by atoms with van der Waals surface area (Å²) < 4.78 is 67.7. The molecule has 165 valence electrons. The van der Waals surface area contributed by atoms with Gasteiger partial charge in [0.15, 0.2) is 0 Å². The van der Waals surface area contributed by atoms with Crippen LogP contribution in [0.3, 0.4) is 0 Å². The molecule has 0 saturated carbocycles. The molecule has 4 nitrogen and oxygen atoms in total. The number of rotatable bonds is 4. The third-order valence-electron chi connectivity index (χ3n) is 4.88. The van der Waals surface area contributed by atoms with Crippen LogP contribution in [0.2, 0.25) is 10.0 Å². The molecule has 32 heavy (non-hydrogen) atoms. The van der Waals surface area contributed by atoms with Crippen molar-refractivity contribution in [1.82, 2.24) is 3.97 Å². The summed E-state index contributed by atoms with van der Waals surface area (Å²) in [6, 6.07) is 16.7. The number of benzene rings is 3. The van der Waals surface area contributed by atoms with Crippen molar-refractivity contribution in [2.45, 2.75) is 17.2 Å². The van der Waals surface area contributed by atoms with Gasteiger partial charge in [0.05, 0.1) is 26.7 Å². The molecule has 1 heterocycles. The van der Waals surface area contributed by atoms with Crippen molar-refractivity contribution in [3.8, 4) is 0 Å². The van der Waals surface area contributed by atoms with E-state index >= 15 is 0 Å². The lowest BCUT2D eigenvalue weighted by molar-refractivity contribution is -0.137. The Bertz CT molecular complexity index is 1400. The monoisotopic (exact) mass is 498 g/mol. The van der Waals surface area contributed by atoms with E-state index in [1.54, 1.807) is 6.07 Å². The highest BCUT2D eigenvalue weighted by Gasteiger charge is 2.33. The lowest BCUT2D eigenvalue weighted by Crippen LogP contribution is -2.18. The lowest BCUT2D eigenvalue weighted by Gasteiger charge is -2.18. The minimum atomic E-state index is -4.69. The van der Waals surface area contributed by atoms with Crippen LogP contribution in [0.15, 0.2) is 71.6 Å². The molecule has 0 amide bonds. The minimum absolute atomic E-state index is 0.0146. The summed E-state index contributed by atoms with van der Waals surface area (Å²) in [5.74, 6) is 0. The highest BCUT2D eigenvalue weighted by molar-refractivity contribution is 7.90. The van der Waals surface area contributed by atoms with Crippen LogP contribution >= 0.6 is 23.2 Å². The van der Waals surface area contributed by atoms with Gasteiger partial charge in [-0.15, -0.1) is 0 Å². The molecule has 0 fully saturated rings. The zero-order valence-electron chi connectivity index (χ0n) is 15.9. The molecule has 0 bridgehead atoms. The third-order valence-corrected chi connectivity index (χ3v) is 7.28. The first-order valence-corrected chi connectivity index (χ1v) is 11.3. The average Bonchev–Trinajstić information content (AvgIpc) is 3.13. The highest BCUT2D eigenvalue weighted by Crippen LogP contribution is 2.39. The van der Waals surface area contributed by atoms with E-state index in [2.05, 4.69) is 6.07 Å². The Kier molecular flexibility index (Phi) is 5.75. The summed E-state index contributed by atoms with van der Waals surface area (Å²) in [5, 5.41) is 11.3. The van der Waals surface area contributed by atoms with Crippen LogP contribution in [0.1, 0.15) is 22.9 Å². The smallest absolute Gasteiger partial charge is 0.382 e. The van der Waals surface area contributed by atoms with Crippen LogP contribution in [0.25, 0.3) is 10.9 Å². The maximum Gasteiger partial charge on any atom is 0.416 e. The standard InChI is InChI=1S/C22H13Cl2F3NO3S/c23-16-7-4-8-17(24)20(16)21(29)19-11-13-9-10-14(22(25,26)27)12-18(13)28(19)32(30,31)15-5-2-1-3-6-15/h1-7,9-12,21,29H. The molecule has 1 atom stereocenters. The number of aliphatic hydroxyl groups excluding tert-OH is 1. The van der Waals surface area contributed by atoms with Gasteiger partial charge in [-0.2, -0.15) is 13.2 Å². The molecule has 3 aromatic carbocycles. The Labute approximate surface area is 191 Å². The Morgan fingerprint density at radius 3 is 2.31 bits per heavy atom. The van der Waals surface area contributed by atoms with E-state index in [4.69, 9.17) is 23.2 Å². The Morgan fingerprint density at radius 1 is 1.00 bits per heavy atom. The molecule has 4 aromatic rings. The molecule has 1 radical (unpaired) electrons. The molecule has 0 saturated heterocycles. The van der Waals surface area contributed by atoms with Crippen molar-refractivity contribution >= 4 is 44.1 Å². The van der Waals surface area contributed by atoms with Gasteiger partial charge in [0.1, 0.15) is 6.10 Å². The fourth-order valence-electron chi connectivity index (χ4n) is 3.39. The minimum Gasteiger partial charge on any atom is -0.382 e. The molecule has 0 aliphatic heterocycles. The first-order chi connectivity index (χ1) is 15.0. The Morgan fingerprint density at radius 2 is 1.69 bits per heavy atom. The number of alkyl halides is 3. The topological polar surface area (TPSA) is 59.3 Å². The van der Waals surface area contributed by atoms with Crippen LogP contribution in [0.4, 0.5) is 13.2 Å². The van der Waals surface area contributed by atoms with E-state index in [1.165, 1.54) is 42.5 Å². The predicted molar refractivity (Wildman–Crippen MR) is 115 cm³/mol. The second-order valence-corrected chi connectivity index (χ2v) is 9.45. The van der Waals surface area contributed by atoms with Crippen molar-refractivity contribution in [2.24, 2.45) is 0 Å². The van der Waals surface area contributed by atoms with Crippen LogP contribution in [-0.4, -0.2) is 17.5 Å². The third kappa shape index (κ3) is 3.88. The van der Waals surface area contributed by atoms with Crippen molar-refractivity contribution in [3.63, 3.8) is 0 Å². The molecule has 0 aliphatic carbocycles. The first kappa shape index (κ1) is 22.7. The molecule has 1 unspecified atom stereocenters. The van der Waals surface area contributed by atoms with Gasteiger partial charge in [-0.3, -0.25) is 0 Å². The first-order valence-electron chi connectivity index (χ1n) is 9.08. The maximum atomic E-state index is 13.5. The van der Waals surface area contributed by atoms with E-state index < -0.39 is 27.9 Å². The molecule has 0 spiro atoms. The molecule has 10 heteroatoms. The largest absolute Gasteiger partial charge is 0.416 e. The molecular formula is C22H13Cl2F3NO3S. The maximum absolute atomic E-state index is 13.5. The second kappa shape index (κ2) is 8.12. The quantitative estimate of drug-likeness (QED) is 0.370. The van der Waals surface area contributed by atoms with Crippen LogP contribution in [-0.2, 0) is 16.2 Å². The van der Waals surface area contributed by atoms with Crippen LogP contribution < -0.4 is 0 Å². The van der Waals surface area contributed by atoms with E-state index in [-0.39, 0.29) is 37.1 Å². The van der Waals surface area contributed by atoms with E-state index in [1.807, 2.05) is 0 Å². The van der Waals surface area contributed by atoms with Gasteiger partial charge in [-0.25, -0.2) is 12.4 Å². The summed E-state index contributed by atoms with van der Waals surface area (Å²) in [4.78, 5) is -0.167. The normalized spacial score (nSPS) is 13.4. The Balaban J connectivity index is 2.07. The summed E-state index contributed by atoms with van der Waals surface area (Å²) in [6.07, 6.45) is -6.35. The van der Waals surface area contributed by atoms with Gasteiger partial charge in [-0.05, 0) is 36.4 Å². The number of hydrogen-bond donors (Lipinski definition) is 1. The summed E-state index contributed by atoms with van der Waals surface area (Å²) in [5.41, 5.74) is -1.51. The number of halogens is 5. The zero-order valence-corrected chi connectivity index (χ0v) is 18.3. The van der Waals surface area contributed by atoms with Crippen molar-refractivity contribution in [2.75, 3.05) is 0 Å². The van der Waals surface area contributed by atoms with Crippen LogP contribution in [0, 0.1) is 6.07 Å². The highest BCUT2D eigenvalue weighted by atomic mass is 35.5. The summed E-state index contributed by atoms with van der Waals surface area (Å²) in [7, 11) is -4.40. The molecule has 1 N–H and O–H groups in total. The molecule has 1 aromatic heterocycles. The lowest BCUT2D eigenvalue weighted by atomic mass is 10.1. The number of nitrogens with zero attached hydrogens (tertiary/aromatic N) is 1. The Hall–Kier alpha value is -2.52. The number of aromatic nitrogens is 1. The van der Waals surface area contributed by atoms with Gasteiger partial charge in [0, 0.05) is 22.0 Å².